The van der Waals surface area contributed by atoms with Crippen molar-refractivity contribution in [3.05, 3.63) is 40.9 Å². The van der Waals surface area contributed by atoms with Gasteiger partial charge in [-0.1, -0.05) is 17.7 Å². The van der Waals surface area contributed by atoms with E-state index in [1.807, 2.05) is 6.92 Å². The molecule has 0 aromatic heterocycles. The maximum absolute atomic E-state index is 12.6. The van der Waals surface area contributed by atoms with E-state index in [9.17, 15) is 19.7 Å². The van der Waals surface area contributed by atoms with E-state index in [2.05, 4.69) is 0 Å². The number of hydrogen-bond donors (Lipinski definition) is 2. The van der Waals surface area contributed by atoms with Crippen LogP contribution >= 0.6 is 0 Å². The van der Waals surface area contributed by atoms with Gasteiger partial charge < -0.3 is 14.8 Å². The summed E-state index contributed by atoms with van der Waals surface area (Å²) in [5.41, 5.74) is 2.54. The number of hydrogen-bond acceptors (Lipinski definition) is 5. The minimum absolute atomic E-state index is 0.129. The molecule has 6 nitrogen and oxygen atoms in total. The predicted molar refractivity (Wildman–Crippen MR) is 90.1 cm³/mol. The number of rotatable bonds is 1. The molecule has 1 aromatic rings. The zero-order valence-corrected chi connectivity index (χ0v) is 14.2. The van der Waals surface area contributed by atoms with Gasteiger partial charge in [-0.2, -0.15) is 0 Å². The molecule has 2 aliphatic heterocycles. The number of nitrogens with zero attached hydrogens (tertiary/aromatic N) is 1. The van der Waals surface area contributed by atoms with Crippen LogP contribution < -0.4 is 0 Å². The number of benzene rings is 1. The summed E-state index contributed by atoms with van der Waals surface area (Å²) in [5.74, 6) is -1.10. The lowest BCUT2D eigenvalue weighted by Crippen LogP contribution is -2.44. The lowest BCUT2D eigenvalue weighted by atomic mass is 9.55. The average molecular weight is 341 g/mol. The molecule has 130 valence electrons. The highest BCUT2D eigenvalue weighted by atomic mass is 16.5. The first-order valence-corrected chi connectivity index (χ1v) is 8.52. The molecule has 0 bridgehead atoms. The number of aromatic hydroxyl groups is 1. The first-order valence-electron chi connectivity index (χ1n) is 8.52. The summed E-state index contributed by atoms with van der Waals surface area (Å²) >= 11 is 0. The van der Waals surface area contributed by atoms with Gasteiger partial charge in [-0.15, -0.1) is 0 Å². The molecule has 2 heterocycles. The topological polar surface area (TPSA) is 87.1 Å². The number of fused-ring (bicyclic) bond motifs is 3. The van der Waals surface area contributed by atoms with Crippen LogP contribution in [0.15, 0.2) is 35.3 Å². The van der Waals surface area contributed by atoms with Crippen LogP contribution in [0.2, 0.25) is 0 Å². The maximum Gasteiger partial charge on any atom is 0.487 e. The van der Waals surface area contributed by atoms with Crippen molar-refractivity contribution in [1.82, 2.24) is 4.90 Å². The van der Waals surface area contributed by atoms with E-state index in [1.54, 1.807) is 24.3 Å². The lowest BCUT2D eigenvalue weighted by molar-refractivity contribution is -0.138. The van der Waals surface area contributed by atoms with Gasteiger partial charge in [-0.25, -0.2) is 0 Å². The molecule has 1 aliphatic carbocycles. The van der Waals surface area contributed by atoms with Crippen LogP contribution in [0.3, 0.4) is 0 Å². The molecule has 25 heavy (non-hydrogen) atoms. The molecule has 0 saturated carbocycles. The van der Waals surface area contributed by atoms with Gasteiger partial charge in [0.25, 0.3) is 0 Å². The van der Waals surface area contributed by atoms with Crippen molar-refractivity contribution in [2.24, 2.45) is 17.8 Å². The number of allylic oxidation sites excluding steroid dienone is 2. The van der Waals surface area contributed by atoms with E-state index in [1.165, 1.54) is 11.9 Å². The number of phenols is 1. The fraction of sp³-hybridized carbons (Fsp3) is 0.444. The highest BCUT2D eigenvalue weighted by Crippen LogP contribution is 2.50. The summed E-state index contributed by atoms with van der Waals surface area (Å²) in [6.45, 7) is 1.90. The number of likely N-dealkylation sites (tertiary alicyclic amines) is 1. The number of carbonyl (C=O) groups is 2. The molecule has 1 aromatic carbocycles. The molecule has 7 heteroatoms. The zero-order valence-electron chi connectivity index (χ0n) is 14.2. The Balaban J connectivity index is 1.71. The summed E-state index contributed by atoms with van der Waals surface area (Å²) in [6, 6.07) is 6.65. The van der Waals surface area contributed by atoms with Gasteiger partial charge in [-0.05, 0) is 48.9 Å². The van der Waals surface area contributed by atoms with E-state index < -0.39 is 13.0 Å². The first-order chi connectivity index (χ1) is 11.9. The third kappa shape index (κ3) is 2.41. The van der Waals surface area contributed by atoms with Crippen molar-refractivity contribution in [3.63, 3.8) is 0 Å². The molecule has 2 N–H and O–H groups in total. The highest BCUT2D eigenvalue weighted by Gasteiger charge is 2.56. The van der Waals surface area contributed by atoms with Crippen LogP contribution in [0.5, 0.6) is 5.75 Å². The smallest absolute Gasteiger partial charge is 0.487 e. The van der Waals surface area contributed by atoms with Gasteiger partial charge >= 0.3 is 7.12 Å². The molecule has 4 atom stereocenters. The van der Waals surface area contributed by atoms with Gasteiger partial charge in [-0.3, -0.25) is 14.5 Å². The minimum atomic E-state index is -1.08. The predicted octanol–water partition coefficient (Wildman–Crippen LogP) is 1.44. The molecular weight excluding hydrogens is 321 g/mol. The molecule has 4 rings (SSSR count). The molecule has 2 fully saturated rings. The van der Waals surface area contributed by atoms with Gasteiger partial charge in [0, 0.05) is 7.05 Å². The zero-order chi connectivity index (χ0) is 17.9. The Kier molecular flexibility index (Phi) is 3.74. The van der Waals surface area contributed by atoms with Crippen LogP contribution in [0.25, 0.3) is 0 Å². The molecule has 0 unspecified atom stereocenters. The number of imide groups is 1. The Morgan fingerprint density at radius 1 is 1.16 bits per heavy atom. The van der Waals surface area contributed by atoms with Gasteiger partial charge in [0.2, 0.25) is 11.8 Å². The number of amides is 2. The normalized spacial score (nSPS) is 32.1. The monoisotopic (exact) mass is 341 g/mol. The van der Waals surface area contributed by atoms with E-state index in [0.29, 0.717) is 12.8 Å². The minimum Gasteiger partial charge on any atom is -0.508 e. The average Bonchev–Trinajstić information content (AvgIpc) is 2.79. The standard InChI is InChI=1S/C18H20BNO5/c1-9-7-13-15(18(23)20(2)17(13)22)12-8-14(25-19(24)16(9)12)10-3-5-11(21)6-4-10/h3-6,12-15,21,24H,7-8H2,1-2H3/t12-,13-,14-,15+/m0/s1. The summed E-state index contributed by atoms with van der Waals surface area (Å²) in [5, 5.41) is 20.0. The molecule has 2 saturated heterocycles. The maximum atomic E-state index is 12.6. The molecule has 0 radical (unpaired) electrons. The van der Waals surface area contributed by atoms with Crippen molar-refractivity contribution < 1.29 is 24.4 Å². The third-order valence-electron chi connectivity index (χ3n) is 5.84. The van der Waals surface area contributed by atoms with Crippen LogP contribution in [-0.4, -0.2) is 41.0 Å². The van der Waals surface area contributed by atoms with E-state index in [0.717, 1.165) is 16.6 Å². The molecular formula is C18H20BNO5. The van der Waals surface area contributed by atoms with E-state index in [4.69, 9.17) is 4.65 Å². The van der Waals surface area contributed by atoms with Crippen molar-refractivity contribution in [2.75, 3.05) is 7.05 Å². The summed E-state index contributed by atoms with van der Waals surface area (Å²) in [4.78, 5) is 26.3. The van der Waals surface area contributed by atoms with Crippen LogP contribution in [0, 0.1) is 17.8 Å². The molecule has 2 amide bonds. The highest BCUT2D eigenvalue weighted by molar-refractivity contribution is 6.53. The van der Waals surface area contributed by atoms with Crippen LogP contribution in [-0.2, 0) is 14.2 Å². The van der Waals surface area contributed by atoms with Crippen LogP contribution in [0.1, 0.15) is 31.4 Å². The first kappa shape index (κ1) is 16.4. The SMILES string of the molecule is CC1=C2B(O)O[C@H](c3ccc(O)cc3)C[C@H]2[C@H]2C(=O)N(C)C(=O)[C@H]2C1. The second-order valence-electron chi connectivity index (χ2n) is 7.22. The number of phenolic OH excluding ortho intramolecular Hbond substituents is 1. The Bertz CT molecular complexity index is 774. The van der Waals surface area contributed by atoms with Crippen molar-refractivity contribution in [2.45, 2.75) is 25.9 Å². The Morgan fingerprint density at radius 3 is 2.52 bits per heavy atom. The summed E-state index contributed by atoms with van der Waals surface area (Å²) in [7, 11) is 0.456. The van der Waals surface area contributed by atoms with Gasteiger partial charge in [0.15, 0.2) is 0 Å². The number of carbonyl (C=O) groups excluding carboxylic acids is 2. The summed E-state index contributed by atoms with van der Waals surface area (Å²) in [6.07, 6.45) is 0.642. The van der Waals surface area contributed by atoms with E-state index in [-0.39, 0.29) is 35.5 Å². The van der Waals surface area contributed by atoms with Crippen molar-refractivity contribution >= 4 is 18.9 Å². The lowest BCUT2D eigenvalue weighted by Gasteiger charge is -2.41. The Morgan fingerprint density at radius 2 is 1.84 bits per heavy atom. The largest absolute Gasteiger partial charge is 0.508 e. The summed E-state index contributed by atoms with van der Waals surface area (Å²) < 4.78 is 5.80. The fourth-order valence-electron chi connectivity index (χ4n) is 4.62. The molecule has 0 spiro atoms. The quantitative estimate of drug-likeness (QED) is 0.596. The fourth-order valence-corrected chi connectivity index (χ4v) is 4.62. The second kappa shape index (κ2) is 5.71. The second-order valence-corrected chi connectivity index (χ2v) is 7.22. The van der Waals surface area contributed by atoms with Gasteiger partial charge in [0.05, 0.1) is 17.9 Å². The van der Waals surface area contributed by atoms with Crippen LogP contribution in [0.4, 0.5) is 0 Å². The Labute approximate surface area is 146 Å². The van der Waals surface area contributed by atoms with Crippen molar-refractivity contribution in [1.29, 1.82) is 0 Å². The molecule has 3 aliphatic rings. The third-order valence-corrected chi connectivity index (χ3v) is 5.84. The Hall–Kier alpha value is -2.12. The van der Waals surface area contributed by atoms with E-state index >= 15 is 0 Å². The van der Waals surface area contributed by atoms with Gasteiger partial charge in [0.1, 0.15) is 5.75 Å². The van der Waals surface area contributed by atoms with Crippen molar-refractivity contribution in [3.8, 4) is 5.75 Å².